The minimum absolute atomic E-state index is 0.0385. The summed E-state index contributed by atoms with van der Waals surface area (Å²) in [4.78, 5) is 28.9. The molecule has 188 valence electrons. The van der Waals surface area contributed by atoms with Gasteiger partial charge < -0.3 is 5.32 Å². The van der Waals surface area contributed by atoms with Crippen LogP contribution in [0.25, 0.3) is 0 Å². The molecular formula is C27H35N3O4S. The van der Waals surface area contributed by atoms with Gasteiger partial charge in [0.05, 0.1) is 11.4 Å². The first kappa shape index (κ1) is 25.4. The van der Waals surface area contributed by atoms with E-state index in [9.17, 15) is 18.0 Å². The van der Waals surface area contributed by atoms with Crippen molar-refractivity contribution in [3.8, 4) is 0 Å². The number of amides is 2. The number of nitrogens with one attached hydrogen (secondary N) is 1. The number of rotatable bonds is 6. The van der Waals surface area contributed by atoms with Gasteiger partial charge in [-0.15, -0.1) is 0 Å². The number of aryl methyl sites for hydroxylation is 2. The highest BCUT2D eigenvalue weighted by Crippen LogP contribution is 2.33. The Morgan fingerprint density at radius 1 is 1.03 bits per heavy atom. The summed E-state index contributed by atoms with van der Waals surface area (Å²) in [7, 11) is -3.96. The molecule has 0 bridgehead atoms. The second kappa shape index (κ2) is 10.1. The molecule has 8 heteroatoms. The molecule has 0 spiro atoms. The Balaban J connectivity index is 1.71. The Labute approximate surface area is 208 Å². The van der Waals surface area contributed by atoms with E-state index in [1.165, 1.54) is 4.90 Å². The quantitative estimate of drug-likeness (QED) is 0.658. The van der Waals surface area contributed by atoms with E-state index in [-0.39, 0.29) is 29.9 Å². The van der Waals surface area contributed by atoms with Crippen molar-refractivity contribution < 1.29 is 18.0 Å². The summed E-state index contributed by atoms with van der Waals surface area (Å²) in [5.74, 6) is -0.737. The van der Waals surface area contributed by atoms with E-state index in [0.29, 0.717) is 5.69 Å². The number of benzene rings is 2. The third-order valence-corrected chi connectivity index (χ3v) is 9.04. The lowest BCUT2D eigenvalue weighted by molar-refractivity contribution is -0.133. The molecule has 1 saturated heterocycles. The number of nitrogens with zero attached hydrogens (tertiary/aromatic N) is 2. The highest BCUT2D eigenvalue weighted by molar-refractivity contribution is 7.89. The number of carbonyl (C=O) groups is 2. The highest BCUT2D eigenvalue weighted by Gasteiger charge is 2.51. The molecule has 1 aliphatic heterocycles. The van der Waals surface area contributed by atoms with E-state index < -0.39 is 21.5 Å². The number of hydrogen-bond acceptors (Lipinski definition) is 4. The van der Waals surface area contributed by atoms with Crippen LogP contribution in [0.3, 0.4) is 0 Å². The smallest absolute Gasteiger partial charge is 0.247 e. The zero-order chi connectivity index (χ0) is 25.2. The second-order valence-electron chi connectivity index (χ2n) is 9.92. The molecule has 2 aromatic carbocycles. The molecule has 7 nitrogen and oxygen atoms in total. The summed E-state index contributed by atoms with van der Waals surface area (Å²) in [6, 6.07) is 14.2. The van der Waals surface area contributed by atoms with Crippen LogP contribution in [-0.2, 0) is 26.0 Å². The molecular weight excluding hydrogens is 462 g/mol. The summed E-state index contributed by atoms with van der Waals surface area (Å²) >= 11 is 0. The fraction of sp³-hybridized carbons (Fsp3) is 0.481. The Morgan fingerprint density at radius 2 is 1.66 bits per heavy atom. The average molecular weight is 498 g/mol. The predicted octanol–water partition coefficient (Wildman–Crippen LogP) is 3.80. The van der Waals surface area contributed by atoms with Crippen LogP contribution in [0.15, 0.2) is 53.4 Å². The van der Waals surface area contributed by atoms with Gasteiger partial charge in [-0.25, -0.2) is 8.42 Å². The van der Waals surface area contributed by atoms with Gasteiger partial charge >= 0.3 is 0 Å². The summed E-state index contributed by atoms with van der Waals surface area (Å²) in [5.41, 5.74) is 1.27. The molecule has 0 unspecified atom stereocenters. The van der Waals surface area contributed by atoms with Gasteiger partial charge in [0, 0.05) is 18.3 Å². The van der Waals surface area contributed by atoms with Crippen LogP contribution in [-0.4, -0.2) is 49.2 Å². The Hall–Kier alpha value is -2.71. The molecule has 2 aromatic rings. The molecule has 35 heavy (non-hydrogen) atoms. The van der Waals surface area contributed by atoms with Gasteiger partial charge in [-0.05, 0) is 62.9 Å². The highest BCUT2D eigenvalue weighted by atomic mass is 32.2. The topological polar surface area (TPSA) is 86.8 Å². The zero-order valence-corrected chi connectivity index (χ0v) is 21.6. The van der Waals surface area contributed by atoms with Gasteiger partial charge in [0.2, 0.25) is 21.8 Å². The molecule has 1 heterocycles. The lowest BCUT2D eigenvalue weighted by Gasteiger charge is -2.47. The number of sulfonamides is 1. The number of hydrogen-bond donors (Lipinski definition) is 1. The summed E-state index contributed by atoms with van der Waals surface area (Å²) in [6.45, 7) is 5.17. The predicted molar refractivity (Wildman–Crippen MR) is 137 cm³/mol. The van der Waals surface area contributed by atoms with Crippen molar-refractivity contribution in [2.45, 2.75) is 75.8 Å². The summed E-state index contributed by atoms with van der Waals surface area (Å²) < 4.78 is 28.1. The van der Waals surface area contributed by atoms with Gasteiger partial charge in [-0.3, -0.25) is 14.5 Å². The van der Waals surface area contributed by atoms with E-state index in [4.69, 9.17) is 0 Å². The summed E-state index contributed by atoms with van der Waals surface area (Å²) in [5, 5.41) is 3.14. The standard InChI is InChI=1S/C27H35N3O4S/c1-4-21-12-14-23(15-13-21)30-25(31)18-29(35(33,34)24-16-10-20(2)11-17-24)19-27(30,3)26(32)28-22-8-6-5-7-9-22/h10-17,22H,4-9,18-19H2,1-3H3,(H,28,32)/t27-/m0/s1. The SMILES string of the molecule is CCc1ccc(N2C(=O)CN(S(=O)(=O)c3ccc(C)cc3)C[C@@]2(C)C(=O)NC2CCCCC2)cc1. The van der Waals surface area contributed by atoms with E-state index in [2.05, 4.69) is 12.2 Å². The average Bonchev–Trinajstić information content (AvgIpc) is 2.85. The van der Waals surface area contributed by atoms with Crippen LogP contribution in [0.4, 0.5) is 5.69 Å². The molecule has 1 saturated carbocycles. The second-order valence-corrected chi connectivity index (χ2v) is 11.9. The van der Waals surface area contributed by atoms with Crippen LogP contribution in [0, 0.1) is 6.92 Å². The first-order valence-corrected chi connectivity index (χ1v) is 13.9. The van der Waals surface area contributed by atoms with Gasteiger partial charge in [-0.2, -0.15) is 4.31 Å². The van der Waals surface area contributed by atoms with Crippen molar-refractivity contribution in [3.63, 3.8) is 0 Å². The molecule has 4 rings (SSSR count). The van der Waals surface area contributed by atoms with E-state index in [1.807, 2.05) is 31.2 Å². The van der Waals surface area contributed by atoms with Crippen molar-refractivity contribution >= 4 is 27.5 Å². The van der Waals surface area contributed by atoms with Crippen LogP contribution < -0.4 is 10.2 Å². The van der Waals surface area contributed by atoms with Gasteiger partial charge in [-0.1, -0.05) is 56.0 Å². The lowest BCUT2D eigenvalue weighted by Crippen LogP contribution is -2.70. The minimum Gasteiger partial charge on any atom is -0.351 e. The monoisotopic (exact) mass is 497 g/mol. The normalized spacial score (nSPS) is 22.3. The van der Waals surface area contributed by atoms with Crippen LogP contribution in [0.2, 0.25) is 0 Å². The van der Waals surface area contributed by atoms with Crippen LogP contribution in [0.1, 0.15) is 57.1 Å². The lowest BCUT2D eigenvalue weighted by atomic mass is 9.91. The van der Waals surface area contributed by atoms with Crippen molar-refractivity contribution in [1.29, 1.82) is 0 Å². The fourth-order valence-electron chi connectivity index (χ4n) is 5.07. The molecule has 2 amide bonds. The molecule has 2 aliphatic rings. The third kappa shape index (κ3) is 5.14. The molecule has 0 aromatic heterocycles. The van der Waals surface area contributed by atoms with Crippen molar-refractivity contribution in [1.82, 2.24) is 9.62 Å². The number of anilines is 1. The van der Waals surface area contributed by atoms with E-state index in [1.54, 1.807) is 31.2 Å². The maximum Gasteiger partial charge on any atom is 0.247 e. The Morgan fingerprint density at radius 3 is 2.26 bits per heavy atom. The molecule has 1 aliphatic carbocycles. The van der Waals surface area contributed by atoms with Crippen molar-refractivity contribution in [2.24, 2.45) is 0 Å². The van der Waals surface area contributed by atoms with Gasteiger partial charge in [0.15, 0.2) is 0 Å². The minimum atomic E-state index is -3.96. The summed E-state index contributed by atoms with van der Waals surface area (Å²) in [6.07, 6.45) is 5.91. The third-order valence-electron chi connectivity index (χ3n) is 7.23. The number of carbonyl (C=O) groups excluding carboxylic acids is 2. The molecule has 1 atom stereocenters. The zero-order valence-electron chi connectivity index (χ0n) is 20.8. The molecule has 0 radical (unpaired) electrons. The van der Waals surface area contributed by atoms with E-state index in [0.717, 1.165) is 54.0 Å². The van der Waals surface area contributed by atoms with Gasteiger partial charge in [0.1, 0.15) is 5.54 Å². The first-order chi connectivity index (χ1) is 16.6. The Bertz CT molecular complexity index is 1170. The van der Waals surface area contributed by atoms with E-state index >= 15 is 0 Å². The van der Waals surface area contributed by atoms with Crippen molar-refractivity contribution in [3.05, 3.63) is 59.7 Å². The maximum absolute atomic E-state index is 13.8. The maximum atomic E-state index is 13.8. The molecule has 1 N–H and O–H groups in total. The van der Waals surface area contributed by atoms with Gasteiger partial charge in [0.25, 0.3) is 0 Å². The first-order valence-electron chi connectivity index (χ1n) is 12.4. The van der Waals surface area contributed by atoms with Crippen LogP contribution >= 0.6 is 0 Å². The van der Waals surface area contributed by atoms with Crippen LogP contribution in [0.5, 0.6) is 0 Å². The molecule has 2 fully saturated rings. The largest absolute Gasteiger partial charge is 0.351 e. The van der Waals surface area contributed by atoms with Crippen molar-refractivity contribution in [2.75, 3.05) is 18.0 Å². The fourth-order valence-corrected chi connectivity index (χ4v) is 6.55. The Kier molecular flexibility index (Phi) is 7.33. The number of piperazine rings is 1.